The highest BCUT2D eigenvalue weighted by molar-refractivity contribution is 7.15. The van der Waals surface area contributed by atoms with Crippen molar-refractivity contribution in [2.45, 2.75) is 39.2 Å². The second-order valence-corrected chi connectivity index (χ2v) is 7.59. The van der Waals surface area contributed by atoms with Crippen LogP contribution in [0.15, 0.2) is 24.3 Å². The number of hydrogen-bond donors (Lipinski definition) is 1. The number of nitrogens with zero attached hydrogens (tertiary/aromatic N) is 2. The van der Waals surface area contributed by atoms with Crippen LogP contribution in [0.4, 0.5) is 5.13 Å². The molecule has 1 fully saturated rings. The van der Waals surface area contributed by atoms with E-state index in [1.165, 1.54) is 11.3 Å². The Hall–Kier alpha value is -1.99. The fourth-order valence-corrected chi connectivity index (χ4v) is 3.54. The first kappa shape index (κ1) is 17.8. The van der Waals surface area contributed by atoms with Gasteiger partial charge in [-0.2, -0.15) is 0 Å². The van der Waals surface area contributed by atoms with Crippen molar-refractivity contribution in [2.24, 2.45) is 5.92 Å². The molecule has 0 radical (unpaired) electrons. The minimum atomic E-state index is -0.213. The summed E-state index contributed by atoms with van der Waals surface area (Å²) < 4.78 is 11.3. The van der Waals surface area contributed by atoms with E-state index in [4.69, 9.17) is 9.47 Å². The third-order valence-electron chi connectivity index (χ3n) is 3.83. The van der Waals surface area contributed by atoms with Gasteiger partial charge in [0.05, 0.1) is 6.10 Å². The van der Waals surface area contributed by atoms with Gasteiger partial charge in [0.15, 0.2) is 0 Å². The average molecular weight is 361 g/mol. The van der Waals surface area contributed by atoms with Gasteiger partial charge < -0.3 is 9.47 Å². The molecule has 0 bridgehead atoms. The van der Waals surface area contributed by atoms with Crippen molar-refractivity contribution in [3.63, 3.8) is 0 Å². The summed E-state index contributed by atoms with van der Waals surface area (Å²) in [6.45, 7) is 5.57. The number of anilines is 1. The highest BCUT2D eigenvalue weighted by atomic mass is 32.1. The van der Waals surface area contributed by atoms with E-state index in [-0.39, 0.29) is 12.0 Å². The van der Waals surface area contributed by atoms with Crippen LogP contribution in [0.25, 0.3) is 0 Å². The minimum absolute atomic E-state index is 0.151. The fourth-order valence-electron chi connectivity index (χ4n) is 2.60. The summed E-state index contributed by atoms with van der Waals surface area (Å²) >= 11 is 1.41. The molecule has 1 aromatic carbocycles. The molecule has 0 spiro atoms. The molecule has 1 amide bonds. The van der Waals surface area contributed by atoms with Crippen molar-refractivity contribution < 1.29 is 14.3 Å². The molecule has 1 aliphatic rings. The number of nitrogens with one attached hydrogen (secondary N) is 1. The Bertz CT molecular complexity index is 711. The third-order valence-corrected chi connectivity index (χ3v) is 4.69. The van der Waals surface area contributed by atoms with E-state index in [1.807, 2.05) is 12.1 Å². The van der Waals surface area contributed by atoms with E-state index in [0.29, 0.717) is 29.0 Å². The molecule has 1 aliphatic heterocycles. The van der Waals surface area contributed by atoms with E-state index in [0.717, 1.165) is 30.9 Å². The van der Waals surface area contributed by atoms with Gasteiger partial charge in [0.25, 0.3) is 5.91 Å². The van der Waals surface area contributed by atoms with Gasteiger partial charge in [-0.25, -0.2) is 0 Å². The standard InChI is InChI=1S/C18H23N3O3S/c1-12(2)9-16-20-21-18(25-16)19-17(22)13-5-3-6-14(10-13)24-11-15-7-4-8-23-15/h3,5-6,10,12,15H,4,7-9,11H2,1-2H3,(H,19,21,22). The number of ether oxygens (including phenoxy) is 2. The van der Waals surface area contributed by atoms with Crippen LogP contribution in [-0.4, -0.2) is 35.4 Å². The molecule has 2 aromatic rings. The number of rotatable bonds is 7. The van der Waals surface area contributed by atoms with Crippen molar-refractivity contribution in [1.82, 2.24) is 10.2 Å². The number of aromatic nitrogens is 2. The molecule has 3 rings (SSSR count). The zero-order chi connectivity index (χ0) is 17.6. The Balaban J connectivity index is 1.57. The summed E-state index contributed by atoms with van der Waals surface area (Å²) in [5, 5.41) is 12.4. The molecule has 134 valence electrons. The van der Waals surface area contributed by atoms with Gasteiger partial charge in [0.1, 0.15) is 17.4 Å². The van der Waals surface area contributed by atoms with Crippen molar-refractivity contribution in [1.29, 1.82) is 0 Å². The molecule has 1 N–H and O–H groups in total. The van der Waals surface area contributed by atoms with Crippen LogP contribution in [0.2, 0.25) is 0 Å². The fraction of sp³-hybridized carbons (Fsp3) is 0.500. The first-order chi connectivity index (χ1) is 12.1. The normalized spacial score (nSPS) is 17.0. The van der Waals surface area contributed by atoms with Crippen LogP contribution in [0, 0.1) is 5.92 Å². The number of benzene rings is 1. The predicted molar refractivity (Wildman–Crippen MR) is 97.3 cm³/mol. The second-order valence-electron chi connectivity index (χ2n) is 6.53. The summed E-state index contributed by atoms with van der Waals surface area (Å²) in [5.74, 6) is 0.963. The Morgan fingerprint density at radius 2 is 2.32 bits per heavy atom. The van der Waals surface area contributed by atoms with Crippen LogP contribution in [-0.2, 0) is 11.2 Å². The lowest BCUT2D eigenvalue weighted by Crippen LogP contribution is -2.17. The van der Waals surface area contributed by atoms with E-state index in [1.54, 1.807) is 12.1 Å². The Labute approximate surface area is 151 Å². The van der Waals surface area contributed by atoms with Crippen LogP contribution in [0.5, 0.6) is 5.75 Å². The summed E-state index contributed by atoms with van der Waals surface area (Å²) in [6.07, 6.45) is 3.12. The molecule has 7 heteroatoms. The van der Waals surface area contributed by atoms with Crippen molar-refractivity contribution >= 4 is 22.4 Å². The highest BCUT2D eigenvalue weighted by Gasteiger charge is 2.16. The van der Waals surface area contributed by atoms with E-state index in [9.17, 15) is 4.79 Å². The van der Waals surface area contributed by atoms with Gasteiger partial charge in [-0.3, -0.25) is 10.1 Å². The molecule has 1 atom stereocenters. The molecule has 0 saturated carbocycles. The summed E-state index contributed by atoms with van der Waals surface area (Å²) in [7, 11) is 0. The SMILES string of the molecule is CC(C)Cc1nnc(NC(=O)c2cccc(OCC3CCCO3)c2)s1. The van der Waals surface area contributed by atoms with Crippen LogP contribution in [0.1, 0.15) is 42.1 Å². The smallest absolute Gasteiger partial charge is 0.257 e. The molecular formula is C18H23N3O3S. The van der Waals surface area contributed by atoms with Gasteiger partial charge in [-0.05, 0) is 37.0 Å². The number of hydrogen-bond acceptors (Lipinski definition) is 6. The number of carbonyl (C=O) groups is 1. The Morgan fingerprint density at radius 3 is 3.08 bits per heavy atom. The quantitative estimate of drug-likeness (QED) is 0.816. The number of amides is 1. The van der Waals surface area contributed by atoms with Crippen molar-refractivity contribution in [3.8, 4) is 5.75 Å². The molecule has 6 nitrogen and oxygen atoms in total. The lowest BCUT2D eigenvalue weighted by Gasteiger charge is -2.12. The molecule has 2 heterocycles. The Morgan fingerprint density at radius 1 is 1.44 bits per heavy atom. The monoisotopic (exact) mass is 361 g/mol. The van der Waals surface area contributed by atoms with Gasteiger partial charge in [0.2, 0.25) is 5.13 Å². The van der Waals surface area contributed by atoms with Crippen LogP contribution in [0.3, 0.4) is 0 Å². The maximum atomic E-state index is 12.4. The van der Waals surface area contributed by atoms with Crippen molar-refractivity contribution in [3.05, 3.63) is 34.8 Å². The molecule has 25 heavy (non-hydrogen) atoms. The van der Waals surface area contributed by atoms with Crippen molar-refractivity contribution in [2.75, 3.05) is 18.5 Å². The van der Waals surface area contributed by atoms with Gasteiger partial charge in [-0.15, -0.1) is 10.2 Å². The lowest BCUT2D eigenvalue weighted by atomic mass is 10.1. The summed E-state index contributed by atoms with van der Waals surface area (Å²) in [6, 6.07) is 7.14. The first-order valence-electron chi connectivity index (χ1n) is 8.58. The first-order valence-corrected chi connectivity index (χ1v) is 9.40. The molecule has 1 unspecified atom stereocenters. The molecular weight excluding hydrogens is 338 g/mol. The van der Waals surface area contributed by atoms with Crippen LogP contribution >= 0.6 is 11.3 Å². The second kappa shape index (κ2) is 8.40. The van der Waals surface area contributed by atoms with Gasteiger partial charge >= 0.3 is 0 Å². The lowest BCUT2D eigenvalue weighted by molar-refractivity contribution is 0.0679. The zero-order valence-corrected chi connectivity index (χ0v) is 15.3. The topological polar surface area (TPSA) is 73.3 Å². The minimum Gasteiger partial charge on any atom is -0.491 e. The average Bonchev–Trinajstić information content (AvgIpc) is 3.25. The molecule has 1 aromatic heterocycles. The number of carbonyl (C=O) groups excluding carboxylic acids is 1. The Kier molecular flexibility index (Phi) is 5.99. The van der Waals surface area contributed by atoms with E-state index < -0.39 is 0 Å². The molecule has 1 saturated heterocycles. The van der Waals surface area contributed by atoms with Crippen LogP contribution < -0.4 is 10.1 Å². The van der Waals surface area contributed by atoms with Gasteiger partial charge in [0, 0.05) is 18.6 Å². The van der Waals surface area contributed by atoms with Gasteiger partial charge in [-0.1, -0.05) is 31.3 Å². The zero-order valence-electron chi connectivity index (χ0n) is 14.5. The van der Waals surface area contributed by atoms with E-state index >= 15 is 0 Å². The highest BCUT2D eigenvalue weighted by Crippen LogP contribution is 2.21. The predicted octanol–water partition coefficient (Wildman–Crippen LogP) is 3.55. The maximum absolute atomic E-state index is 12.4. The summed E-state index contributed by atoms with van der Waals surface area (Å²) in [5.41, 5.74) is 0.533. The third kappa shape index (κ3) is 5.24. The largest absolute Gasteiger partial charge is 0.491 e. The summed E-state index contributed by atoms with van der Waals surface area (Å²) in [4.78, 5) is 12.4. The molecule has 0 aliphatic carbocycles. The van der Waals surface area contributed by atoms with E-state index in [2.05, 4.69) is 29.4 Å². The maximum Gasteiger partial charge on any atom is 0.257 e.